The summed E-state index contributed by atoms with van der Waals surface area (Å²) in [5.41, 5.74) is 4.23. The number of hydrogen-bond donors (Lipinski definition) is 2. The molecule has 1 atom stereocenters. The fourth-order valence-corrected chi connectivity index (χ4v) is 3.99. The van der Waals surface area contributed by atoms with Gasteiger partial charge in [0.15, 0.2) is 0 Å². The maximum atomic E-state index is 12.5. The van der Waals surface area contributed by atoms with Gasteiger partial charge >= 0.3 is 0 Å². The van der Waals surface area contributed by atoms with E-state index < -0.39 is 0 Å². The van der Waals surface area contributed by atoms with E-state index in [2.05, 4.69) is 11.4 Å². The van der Waals surface area contributed by atoms with Crippen molar-refractivity contribution in [3.05, 3.63) is 70.8 Å². The fourth-order valence-electron chi connectivity index (χ4n) is 2.77. The highest BCUT2D eigenvalue weighted by Gasteiger charge is 2.26. The quantitative estimate of drug-likeness (QED) is 0.912. The van der Waals surface area contributed by atoms with Gasteiger partial charge in [0.25, 0.3) is 0 Å². The molecule has 1 heterocycles. The van der Waals surface area contributed by atoms with Gasteiger partial charge in [0.05, 0.1) is 6.61 Å². The predicted octanol–water partition coefficient (Wildman–Crippen LogP) is 2.83. The van der Waals surface area contributed by atoms with Crippen molar-refractivity contribution in [2.75, 3.05) is 5.75 Å². The van der Waals surface area contributed by atoms with Gasteiger partial charge in [-0.05, 0) is 34.4 Å². The Morgan fingerprint density at radius 1 is 1.14 bits per heavy atom. The van der Waals surface area contributed by atoms with Crippen molar-refractivity contribution in [1.82, 2.24) is 5.32 Å². The average molecular weight is 313 g/mol. The molecule has 2 aromatic carbocycles. The molecule has 2 N–H and O–H groups in total. The van der Waals surface area contributed by atoms with E-state index in [1.54, 1.807) is 11.8 Å². The number of thioether (sulfide) groups is 1. The second kappa shape index (κ2) is 6.99. The first-order chi connectivity index (χ1) is 10.8. The molecule has 1 unspecified atom stereocenters. The van der Waals surface area contributed by atoms with Crippen molar-refractivity contribution in [3.8, 4) is 0 Å². The van der Waals surface area contributed by atoms with E-state index in [0.717, 1.165) is 28.9 Å². The van der Waals surface area contributed by atoms with Crippen molar-refractivity contribution in [2.24, 2.45) is 0 Å². The lowest BCUT2D eigenvalue weighted by atomic mass is 10.0. The summed E-state index contributed by atoms with van der Waals surface area (Å²) in [5.74, 6) is 1.02. The molecule has 22 heavy (non-hydrogen) atoms. The summed E-state index contributed by atoms with van der Waals surface area (Å²) in [7, 11) is 0. The lowest BCUT2D eigenvalue weighted by molar-refractivity contribution is -0.120. The summed E-state index contributed by atoms with van der Waals surface area (Å²) in [6.07, 6.45) is 1.03. The number of fused-ring (bicyclic) bond motifs is 1. The lowest BCUT2D eigenvalue weighted by Gasteiger charge is -2.24. The standard InChI is InChI=1S/C18H19NO2S/c20-12-15-7-2-1-6-14(15)11-19-18(21)17-16-8-4-3-5-13(16)9-10-22-17/h1-8,17,20H,9-12H2,(H,19,21). The number of aliphatic hydroxyl groups is 1. The van der Waals surface area contributed by atoms with Crippen LogP contribution in [0.3, 0.4) is 0 Å². The minimum Gasteiger partial charge on any atom is -0.392 e. The average Bonchev–Trinajstić information content (AvgIpc) is 2.59. The normalized spacial score (nSPS) is 16.9. The highest BCUT2D eigenvalue weighted by molar-refractivity contribution is 8.00. The zero-order valence-electron chi connectivity index (χ0n) is 12.3. The van der Waals surface area contributed by atoms with Gasteiger partial charge in [0.2, 0.25) is 5.91 Å². The largest absolute Gasteiger partial charge is 0.392 e. The monoisotopic (exact) mass is 313 g/mol. The first-order valence-electron chi connectivity index (χ1n) is 7.44. The Labute approximate surface area is 134 Å². The van der Waals surface area contributed by atoms with E-state index in [1.165, 1.54) is 5.56 Å². The Bertz CT molecular complexity index is 672. The number of hydrogen-bond acceptors (Lipinski definition) is 3. The number of aliphatic hydroxyl groups excluding tert-OH is 1. The molecule has 0 fully saturated rings. The van der Waals surface area contributed by atoms with Crippen LogP contribution in [0.15, 0.2) is 48.5 Å². The van der Waals surface area contributed by atoms with Gasteiger partial charge in [-0.1, -0.05) is 48.5 Å². The minimum absolute atomic E-state index is 0.00689. The predicted molar refractivity (Wildman–Crippen MR) is 89.6 cm³/mol. The molecule has 4 heteroatoms. The molecule has 0 saturated heterocycles. The Morgan fingerprint density at radius 2 is 1.86 bits per heavy atom. The molecule has 0 spiro atoms. The van der Waals surface area contributed by atoms with E-state index in [-0.39, 0.29) is 17.8 Å². The Morgan fingerprint density at radius 3 is 2.68 bits per heavy atom. The van der Waals surface area contributed by atoms with Crippen LogP contribution in [0.1, 0.15) is 27.5 Å². The SMILES string of the molecule is O=C(NCc1ccccc1CO)C1SCCc2ccccc21. The van der Waals surface area contributed by atoms with Crippen LogP contribution in [0.2, 0.25) is 0 Å². The molecular formula is C18H19NO2S. The first-order valence-corrected chi connectivity index (χ1v) is 8.49. The maximum Gasteiger partial charge on any atom is 0.237 e. The van der Waals surface area contributed by atoms with Crippen molar-refractivity contribution >= 4 is 17.7 Å². The number of benzene rings is 2. The van der Waals surface area contributed by atoms with Gasteiger partial charge in [-0.15, -0.1) is 11.8 Å². The first kappa shape index (κ1) is 15.1. The third-order valence-electron chi connectivity index (χ3n) is 3.97. The van der Waals surface area contributed by atoms with Crippen molar-refractivity contribution in [2.45, 2.75) is 24.8 Å². The molecule has 0 saturated carbocycles. The van der Waals surface area contributed by atoms with Gasteiger partial charge in [-0.3, -0.25) is 4.79 Å². The van der Waals surface area contributed by atoms with Gasteiger partial charge < -0.3 is 10.4 Å². The Kier molecular flexibility index (Phi) is 4.80. The number of aryl methyl sites for hydroxylation is 1. The third-order valence-corrected chi connectivity index (χ3v) is 5.21. The molecule has 1 aliphatic heterocycles. The molecular weight excluding hydrogens is 294 g/mol. The minimum atomic E-state index is -0.133. The number of nitrogens with one attached hydrogen (secondary N) is 1. The molecule has 0 radical (unpaired) electrons. The van der Waals surface area contributed by atoms with Crippen LogP contribution < -0.4 is 5.32 Å². The third kappa shape index (κ3) is 3.18. The van der Waals surface area contributed by atoms with E-state index in [4.69, 9.17) is 0 Å². The van der Waals surface area contributed by atoms with E-state index in [1.807, 2.05) is 42.5 Å². The number of rotatable bonds is 4. The lowest BCUT2D eigenvalue weighted by Crippen LogP contribution is -2.30. The highest BCUT2D eigenvalue weighted by atomic mass is 32.2. The molecule has 0 bridgehead atoms. The van der Waals surface area contributed by atoms with Gasteiger partial charge in [0.1, 0.15) is 5.25 Å². The van der Waals surface area contributed by atoms with Crippen LogP contribution in [0.5, 0.6) is 0 Å². The van der Waals surface area contributed by atoms with Crippen LogP contribution in [-0.2, 0) is 24.4 Å². The molecule has 1 amide bonds. The summed E-state index contributed by atoms with van der Waals surface area (Å²) in [6.45, 7) is 0.446. The van der Waals surface area contributed by atoms with Crippen molar-refractivity contribution < 1.29 is 9.90 Å². The zero-order chi connectivity index (χ0) is 15.4. The molecule has 1 aliphatic rings. The zero-order valence-corrected chi connectivity index (χ0v) is 13.1. The number of amides is 1. The fraction of sp³-hybridized carbons (Fsp3) is 0.278. The molecule has 2 aromatic rings. The molecule has 3 rings (SSSR count). The summed E-state index contributed by atoms with van der Waals surface area (Å²) in [6, 6.07) is 15.8. The van der Waals surface area contributed by atoms with Crippen LogP contribution in [-0.4, -0.2) is 16.8 Å². The maximum absolute atomic E-state index is 12.5. The summed E-state index contributed by atoms with van der Waals surface area (Å²) < 4.78 is 0. The second-order valence-corrected chi connectivity index (χ2v) is 6.56. The Hall–Kier alpha value is -1.78. The van der Waals surface area contributed by atoms with E-state index in [9.17, 15) is 9.90 Å². The molecule has 0 aliphatic carbocycles. The van der Waals surface area contributed by atoms with Crippen LogP contribution in [0.25, 0.3) is 0 Å². The summed E-state index contributed by atoms with van der Waals surface area (Å²) in [4.78, 5) is 12.5. The van der Waals surface area contributed by atoms with E-state index in [0.29, 0.717) is 6.54 Å². The topological polar surface area (TPSA) is 49.3 Å². The van der Waals surface area contributed by atoms with Crippen LogP contribution >= 0.6 is 11.8 Å². The molecule has 114 valence electrons. The highest BCUT2D eigenvalue weighted by Crippen LogP contribution is 2.36. The Balaban J connectivity index is 1.71. The molecule has 0 aromatic heterocycles. The van der Waals surface area contributed by atoms with Crippen molar-refractivity contribution in [1.29, 1.82) is 0 Å². The van der Waals surface area contributed by atoms with Gasteiger partial charge in [0, 0.05) is 6.54 Å². The smallest absolute Gasteiger partial charge is 0.237 e. The summed E-state index contributed by atoms with van der Waals surface area (Å²) in [5, 5.41) is 12.2. The van der Waals surface area contributed by atoms with E-state index >= 15 is 0 Å². The van der Waals surface area contributed by atoms with Gasteiger partial charge in [-0.25, -0.2) is 0 Å². The second-order valence-electron chi connectivity index (χ2n) is 5.34. The van der Waals surface area contributed by atoms with Crippen LogP contribution in [0.4, 0.5) is 0 Å². The van der Waals surface area contributed by atoms with Crippen LogP contribution in [0, 0.1) is 0 Å². The van der Waals surface area contributed by atoms with Gasteiger partial charge in [-0.2, -0.15) is 0 Å². The summed E-state index contributed by atoms with van der Waals surface area (Å²) >= 11 is 1.70. The van der Waals surface area contributed by atoms with Crippen molar-refractivity contribution in [3.63, 3.8) is 0 Å². The molecule has 3 nitrogen and oxygen atoms in total. The number of carbonyl (C=O) groups is 1. The number of carbonyl (C=O) groups excluding carboxylic acids is 1.